The van der Waals surface area contributed by atoms with Crippen molar-refractivity contribution in [1.82, 2.24) is 9.80 Å². The van der Waals surface area contributed by atoms with Gasteiger partial charge in [0.1, 0.15) is 0 Å². The Hall–Kier alpha value is -0.590. The van der Waals surface area contributed by atoms with Gasteiger partial charge < -0.3 is 9.80 Å². The Balaban J connectivity index is 1.51. The summed E-state index contributed by atoms with van der Waals surface area (Å²) in [5.74, 6) is 0. The van der Waals surface area contributed by atoms with Gasteiger partial charge in [0.2, 0.25) is 0 Å². The van der Waals surface area contributed by atoms with Crippen molar-refractivity contribution in [3.8, 4) is 6.07 Å². The zero-order valence-corrected chi connectivity index (χ0v) is 11.6. The maximum Gasteiger partial charge on any atom is 0.0703 e. The molecule has 0 unspecified atom stereocenters. The zero-order chi connectivity index (χ0) is 12.6. The molecule has 0 atom stereocenters. The molecule has 0 bridgehead atoms. The van der Waals surface area contributed by atoms with Gasteiger partial charge in [-0.05, 0) is 77.2 Å². The predicted molar refractivity (Wildman–Crippen MR) is 72.1 cm³/mol. The minimum atomic E-state index is 0.0529. The molecule has 0 aromatic carbocycles. The molecule has 1 saturated carbocycles. The molecule has 100 valence electrons. The molecular weight excluding hydrogens is 222 g/mol. The third kappa shape index (κ3) is 2.41. The monoisotopic (exact) mass is 247 g/mol. The zero-order valence-electron chi connectivity index (χ0n) is 11.6. The van der Waals surface area contributed by atoms with Gasteiger partial charge in [-0.3, -0.25) is 0 Å². The van der Waals surface area contributed by atoms with Crippen LogP contribution >= 0.6 is 0 Å². The molecule has 2 aliphatic heterocycles. The molecule has 2 heterocycles. The number of hydrogen-bond acceptors (Lipinski definition) is 3. The minimum Gasteiger partial charge on any atom is -0.306 e. The third-order valence-electron chi connectivity index (χ3n) is 5.58. The maximum atomic E-state index is 9.18. The van der Waals surface area contributed by atoms with E-state index >= 15 is 0 Å². The Morgan fingerprint density at radius 3 is 2.00 bits per heavy atom. The second kappa shape index (κ2) is 4.51. The van der Waals surface area contributed by atoms with E-state index in [1.54, 1.807) is 0 Å². The van der Waals surface area contributed by atoms with Crippen molar-refractivity contribution >= 4 is 0 Å². The van der Waals surface area contributed by atoms with E-state index in [9.17, 15) is 5.26 Å². The summed E-state index contributed by atoms with van der Waals surface area (Å²) in [5.41, 5.74) is 0.698. The third-order valence-corrected chi connectivity index (χ3v) is 5.58. The van der Waals surface area contributed by atoms with Crippen LogP contribution in [0.4, 0.5) is 0 Å². The van der Waals surface area contributed by atoms with E-state index in [0.717, 1.165) is 19.4 Å². The van der Waals surface area contributed by atoms with E-state index in [4.69, 9.17) is 0 Å². The van der Waals surface area contributed by atoms with Crippen molar-refractivity contribution in [3.63, 3.8) is 0 Å². The smallest absolute Gasteiger partial charge is 0.0703 e. The van der Waals surface area contributed by atoms with Gasteiger partial charge in [-0.2, -0.15) is 5.26 Å². The average Bonchev–Trinajstić information content (AvgIpc) is 3.17. The molecule has 1 spiro atoms. The van der Waals surface area contributed by atoms with Crippen LogP contribution in [0.3, 0.4) is 0 Å². The van der Waals surface area contributed by atoms with E-state index < -0.39 is 0 Å². The van der Waals surface area contributed by atoms with E-state index in [1.807, 2.05) is 0 Å². The molecule has 18 heavy (non-hydrogen) atoms. The van der Waals surface area contributed by atoms with Crippen molar-refractivity contribution in [3.05, 3.63) is 0 Å². The van der Waals surface area contributed by atoms with Gasteiger partial charge in [0.05, 0.1) is 11.5 Å². The van der Waals surface area contributed by atoms with Gasteiger partial charge in [-0.15, -0.1) is 0 Å². The quantitative estimate of drug-likeness (QED) is 0.748. The van der Waals surface area contributed by atoms with Gasteiger partial charge in [0.15, 0.2) is 0 Å². The fourth-order valence-corrected chi connectivity index (χ4v) is 3.66. The normalized spacial score (nSPS) is 31.1. The van der Waals surface area contributed by atoms with Crippen molar-refractivity contribution in [2.75, 3.05) is 39.8 Å². The van der Waals surface area contributed by atoms with Crippen LogP contribution in [0.5, 0.6) is 0 Å². The molecular formula is C15H25N3. The van der Waals surface area contributed by atoms with E-state index in [2.05, 4.69) is 22.9 Å². The molecule has 2 saturated heterocycles. The first kappa shape index (κ1) is 12.4. The summed E-state index contributed by atoms with van der Waals surface area (Å²) in [4.78, 5) is 5.02. The highest BCUT2D eigenvalue weighted by atomic mass is 15.2. The Morgan fingerprint density at radius 2 is 1.50 bits per heavy atom. The Morgan fingerprint density at radius 1 is 0.944 bits per heavy atom. The Labute approximate surface area is 111 Å². The van der Waals surface area contributed by atoms with Crippen molar-refractivity contribution in [2.45, 2.75) is 38.5 Å². The summed E-state index contributed by atoms with van der Waals surface area (Å²) in [7, 11) is 2.24. The molecule has 3 nitrogen and oxygen atoms in total. The standard InChI is InChI=1S/C15H25N3/c1-17-8-4-14(5-9-17)6-10-18(11-7-14)13-15(12-16)2-3-15/h2-11,13H2,1H3. The van der Waals surface area contributed by atoms with Crippen molar-refractivity contribution in [1.29, 1.82) is 5.26 Å². The number of nitrogens with zero attached hydrogens (tertiary/aromatic N) is 3. The molecule has 3 heteroatoms. The van der Waals surface area contributed by atoms with Crippen molar-refractivity contribution < 1.29 is 0 Å². The highest BCUT2D eigenvalue weighted by molar-refractivity contribution is 5.11. The summed E-state index contributed by atoms with van der Waals surface area (Å²) < 4.78 is 0. The van der Waals surface area contributed by atoms with Crippen LogP contribution in [-0.2, 0) is 0 Å². The molecule has 1 aliphatic carbocycles. The van der Waals surface area contributed by atoms with Crippen LogP contribution < -0.4 is 0 Å². The molecule has 0 radical (unpaired) electrons. The molecule has 0 N–H and O–H groups in total. The second-order valence-corrected chi connectivity index (χ2v) is 6.97. The number of nitriles is 1. The largest absolute Gasteiger partial charge is 0.306 e. The van der Waals surface area contributed by atoms with Crippen LogP contribution in [0.15, 0.2) is 0 Å². The van der Waals surface area contributed by atoms with Crippen LogP contribution in [0.2, 0.25) is 0 Å². The molecule has 3 rings (SSSR count). The van der Waals surface area contributed by atoms with Gasteiger partial charge >= 0.3 is 0 Å². The first-order valence-corrected chi connectivity index (χ1v) is 7.48. The summed E-state index contributed by atoms with van der Waals surface area (Å²) in [6.45, 7) is 6.06. The predicted octanol–water partition coefficient (Wildman–Crippen LogP) is 2.10. The van der Waals surface area contributed by atoms with Gasteiger partial charge in [0.25, 0.3) is 0 Å². The van der Waals surface area contributed by atoms with Gasteiger partial charge in [-0.1, -0.05) is 0 Å². The number of rotatable bonds is 2. The average molecular weight is 247 g/mol. The molecule has 3 fully saturated rings. The fraction of sp³-hybridized carbons (Fsp3) is 0.933. The molecule has 0 aromatic heterocycles. The second-order valence-electron chi connectivity index (χ2n) is 6.97. The van der Waals surface area contributed by atoms with E-state index in [1.165, 1.54) is 51.9 Å². The van der Waals surface area contributed by atoms with Gasteiger partial charge in [0, 0.05) is 6.54 Å². The molecule has 0 amide bonds. The molecule has 3 aliphatic rings. The summed E-state index contributed by atoms with van der Waals surface area (Å²) in [5, 5.41) is 9.18. The topological polar surface area (TPSA) is 30.3 Å². The van der Waals surface area contributed by atoms with Crippen LogP contribution in [0, 0.1) is 22.2 Å². The summed E-state index contributed by atoms with van der Waals surface area (Å²) in [6, 6.07) is 2.53. The Kier molecular flexibility index (Phi) is 3.11. The maximum absolute atomic E-state index is 9.18. The first-order valence-electron chi connectivity index (χ1n) is 7.48. The lowest BCUT2D eigenvalue weighted by molar-refractivity contribution is 0.0385. The van der Waals surface area contributed by atoms with Crippen LogP contribution in [-0.4, -0.2) is 49.6 Å². The first-order chi connectivity index (χ1) is 8.65. The number of hydrogen-bond donors (Lipinski definition) is 0. The lowest BCUT2D eigenvalue weighted by atomic mass is 9.71. The van der Waals surface area contributed by atoms with Crippen molar-refractivity contribution in [2.24, 2.45) is 10.8 Å². The number of piperidine rings is 2. The van der Waals surface area contributed by atoms with E-state index in [-0.39, 0.29) is 5.41 Å². The van der Waals surface area contributed by atoms with Crippen LogP contribution in [0.1, 0.15) is 38.5 Å². The minimum absolute atomic E-state index is 0.0529. The Bertz CT molecular complexity index is 335. The SMILES string of the molecule is CN1CCC2(CC1)CCN(CC1(C#N)CC1)CC2. The summed E-state index contributed by atoms with van der Waals surface area (Å²) >= 11 is 0. The molecule has 0 aromatic rings. The van der Waals surface area contributed by atoms with E-state index in [0.29, 0.717) is 5.41 Å². The highest BCUT2D eigenvalue weighted by Crippen LogP contribution is 2.47. The van der Waals surface area contributed by atoms with Crippen LogP contribution in [0.25, 0.3) is 0 Å². The number of likely N-dealkylation sites (tertiary alicyclic amines) is 2. The fourth-order valence-electron chi connectivity index (χ4n) is 3.66. The lowest BCUT2D eigenvalue weighted by Crippen LogP contribution is -2.47. The van der Waals surface area contributed by atoms with Gasteiger partial charge in [-0.25, -0.2) is 0 Å². The summed E-state index contributed by atoms with van der Waals surface area (Å²) in [6.07, 6.45) is 7.78. The lowest BCUT2D eigenvalue weighted by Gasteiger charge is -2.46. The highest BCUT2D eigenvalue weighted by Gasteiger charge is 2.46.